The van der Waals surface area contributed by atoms with Crippen LogP contribution in [-0.4, -0.2) is 49.2 Å². The molecule has 0 radical (unpaired) electrons. The summed E-state index contributed by atoms with van der Waals surface area (Å²) in [5.74, 6) is -0.557. The van der Waals surface area contributed by atoms with Crippen molar-refractivity contribution in [2.75, 3.05) is 19.0 Å². The number of nitrogens with zero attached hydrogens (tertiary/aromatic N) is 6. The molecule has 5 aromatic heterocycles. The zero-order valence-corrected chi connectivity index (χ0v) is 18.7. The molecule has 10 heteroatoms. The molecule has 0 unspecified atom stereocenters. The summed E-state index contributed by atoms with van der Waals surface area (Å²) in [7, 11) is 3.77. The number of H-pyrrole nitrogens is 2. The Hall–Kier alpha value is -4.73. The second kappa shape index (κ2) is 7.94. The monoisotopic (exact) mass is 468 g/mol. The van der Waals surface area contributed by atoms with Crippen molar-refractivity contribution >= 4 is 27.8 Å². The third kappa shape index (κ3) is 3.46. The van der Waals surface area contributed by atoms with Gasteiger partial charge in [0.1, 0.15) is 22.7 Å². The minimum atomic E-state index is -0.539. The van der Waals surface area contributed by atoms with Gasteiger partial charge >= 0.3 is 0 Å². The number of hydrogen-bond donors (Lipinski definition) is 2. The SMILES string of the molecule is CN(C)c1cncc(-c2ncc3[nH]nc(-c4nc5c(-c6cccc(F)c6)ccnc5[nH]4)c3c2F)c1. The first-order chi connectivity index (χ1) is 17.0. The average molecular weight is 468 g/mol. The van der Waals surface area contributed by atoms with E-state index in [1.165, 1.54) is 18.3 Å². The Balaban J connectivity index is 1.52. The molecular weight excluding hydrogens is 450 g/mol. The molecule has 0 aliphatic rings. The molecule has 0 aliphatic heterocycles. The molecule has 2 N–H and O–H groups in total. The highest BCUT2D eigenvalue weighted by Crippen LogP contribution is 2.34. The molecular formula is C25H18F2N8. The van der Waals surface area contributed by atoms with Crippen LogP contribution in [0.3, 0.4) is 0 Å². The largest absolute Gasteiger partial charge is 0.376 e. The molecule has 0 bridgehead atoms. The topological polar surface area (TPSA) is 99.3 Å². The molecule has 6 aromatic rings. The number of rotatable bonds is 4. The molecule has 0 fully saturated rings. The van der Waals surface area contributed by atoms with E-state index in [-0.39, 0.29) is 16.9 Å². The van der Waals surface area contributed by atoms with Gasteiger partial charge in [-0.25, -0.2) is 18.7 Å². The fourth-order valence-electron chi connectivity index (χ4n) is 4.06. The quantitative estimate of drug-likeness (QED) is 0.379. The lowest BCUT2D eigenvalue weighted by Gasteiger charge is -2.13. The van der Waals surface area contributed by atoms with Crippen molar-refractivity contribution in [3.63, 3.8) is 0 Å². The van der Waals surface area contributed by atoms with E-state index in [0.29, 0.717) is 44.9 Å². The summed E-state index contributed by atoms with van der Waals surface area (Å²) in [6, 6.07) is 9.82. The summed E-state index contributed by atoms with van der Waals surface area (Å²) < 4.78 is 29.7. The van der Waals surface area contributed by atoms with Gasteiger partial charge in [0.2, 0.25) is 0 Å². The maximum atomic E-state index is 15.8. The van der Waals surface area contributed by atoms with Gasteiger partial charge in [0, 0.05) is 37.6 Å². The molecule has 0 amide bonds. The van der Waals surface area contributed by atoms with Gasteiger partial charge in [-0.1, -0.05) is 12.1 Å². The average Bonchev–Trinajstić information content (AvgIpc) is 3.49. The predicted octanol–water partition coefficient (Wildman–Crippen LogP) is 4.97. The molecule has 6 rings (SSSR count). The van der Waals surface area contributed by atoms with Crippen LogP contribution in [0.1, 0.15) is 0 Å². The van der Waals surface area contributed by atoms with Gasteiger partial charge in [0.15, 0.2) is 17.3 Å². The molecule has 35 heavy (non-hydrogen) atoms. The second-order valence-electron chi connectivity index (χ2n) is 8.26. The first kappa shape index (κ1) is 20.8. The lowest BCUT2D eigenvalue weighted by molar-refractivity contribution is 0.628. The van der Waals surface area contributed by atoms with E-state index in [1.807, 2.05) is 25.1 Å². The Kier molecular flexibility index (Phi) is 4.73. The number of benzene rings is 1. The molecule has 0 saturated heterocycles. The fraction of sp³-hybridized carbons (Fsp3) is 0.0800. The van der Waals surface area contributed by atoms with Crippen LogP contribution >= 0.6 is 0 Å². The van der Waals surface area contributed by atoms with Crippen molar-refractivity contribution in [3.05, 3.63) is 72.8 Å². The number of imidazole rings is 1. The maximum Gasteiger partial charge on any atom is 0.161 e. The van der Waals surface area contributed by atoms with Crippen LogP contribution in [0.15, 0.2) is 61.2 Å². The molecule has 0 aliphatic carbocycles. The summed E-state index contributed by atoms with van der Waals surface area (Å²) in [6.45, 7) is 0. The van der Waals surface area contributed by atoms with Crippen LogP contribution < -0.4 is 4.90 Å². The minimum Gasteiger partial charge on any atom is -0.376 e. The summed E-state index contributed by atoms with van der Waals surface area (Å²) in [4.78, 5) is 22.5. The van der Waals surface area contributed by atoms with Crippen LogP contribution in [0.4, 0.5) is 14.5 Å². The number of pyridine rings is 3. The molecule has 0 spiro atoms. The Morgan fingerprint density at radius 1 is 0.914 bits per heavy atom. The lowest BCUT2D eigenvalue weighted by atomic mass is 10.1. The third-order valence-corrected chi connectivity index (χ3v) is 5.80. The van der Waals surface area contributed by atoms with Crippen molar-refractivity contribution in [3.8, 4) is 33.9 Å². The van der Waals surface area contributed by atoms with Gasteiger partial charge in [-0.05, 0) is 29.8 Å². The van der Waals surface area contributed by atoms with Gasteiger partial charge in [-0.3, -0.25) is 15.1 Å². The van der Waals surface area contributed by atoms with Gasteiger partial charge in [-0.15, -0.1) is 0 Å². The summed E-state index contributed by atoms with van der Waals surface area (Å²) in [5, 5.41) is 7.38. The zero-order chi connectivity index (χ0) is 24.1. The predicted molar refractivity (Wildman–Crippen MR) is 130 cm³/mol. The Labute approximate surface area is 197 Å². The number of aromatic nitrogens is 7. The van der Waals surface area contributed by atoms with Crippen molar-refractivity contribution in [1.82, 2.24) is 35.1 Å². The van der Waals surface area contributed by atoms with Crippen LogP contribution in [0, 0.1) is 11.6 Å². The summed E-state index contributed by atoms with van der Waals surface area (Å²) >= 11 is 0. The number of nitrogens with one attached hydrogen (secondary N) is 2. The van der Waals surface area contributed by atoms with Crippen LogP contribution in [-0.2, 0) is 0 Å². The lowest BCUT2D eigenvalue weighted by Crippen LogP contribution is -2.09. The highest BCUT2D eigenvalue weighted by atomic mass is 19.1. The molecule has 1 aromatic carbocycles. The van der Waals surface area contributed by atoms with E-state index < -0.39 is 5.82 Å². The van der Waals surface area contributed by atoms with Crippen LogP contribution in [0.2, 0.25) is 0 Å². The van der Waals surface area contributed by atoms with E-state index in [4.69, 9.17) is 0 Å². The second-order valence-corrected chi connectivity index (χ2v) is 8.26. The fourth-order valence-corrected chi connectivity index (χ4v) is 4.06. The number of fused-ring (bicyclic) bond motifs is 2. The van der Waals surface area contributed by atoms with Crippen molar-refractivity contribution in [2.45, 2.75) is 0 Å². The standard InChI is InChI=1S/C25H18F2N8/c1-35(2)16-9-14(10-28-11-16)21-20(27)19-18(12-30-21)33-34-23(19)25-31-22-17(6-7-29-24(22)32-25)13-4-3-5-15(26)8-13/h3-12H,1-2H3,(H,33,34)(H,29,31,32). The molecule has 8 nitrogen and oxygen atoms in total. The molecule has 0 saturated carbocycles. The van der Waals surface area contributed by atoms with E-state index >= 15 is 4.39 Å². The number of anilines is 1. The van der Waals surface area contributed by atoms with Crippen LogP contribution in [0.5, 0.6) is 0 Å². The smallest absolute Gasteiger partial charge is 0.161 e. The van der Waals surface area contributed by atoms with Crippen molar-refractivity contribution in [1.29, 1.82) is 0 Å². The van der Waals surface area contributed by atoms with E-state index in [2.05, 4.69) is 35.1 Å². The number of aromatic amines is 2. The van der Waals surface area contributed by atoms with Gasteiger partial charge in [-0.2, -0.15) is 5.10 Å². The highest BCUT2D eigenvalue weighted by molar-refractivity contribution is 5.97. The minimum absolute atomic E-state index is 0.158. The van der Waals surface area contributed by atoms with Gasteiger partial charge in [0.25, 0.3) is 0 Å². The summed E-state index contributed by atoms with van der Waals surface area (Å²) in [6.07, 6.45) is 6.41. The molecule has 0 atom stereocenters. The highest BCUT2D eigenvalue weighted by Gasteiger charge is 2.21. The van der Waals surface area contributed by atoms with E-state index in [0.717, 1.165) is 5.69 Å². The van der Waals surface area contributed by atoms with Gasteiger partial charge in [0.05, 0.1) is 29.0 Å². The van der Waals surface area contributed by atoms with Crippen LogP contribution in [0.25, 0.3) is 56.0 Å². The zero-order valence-electron chi connectivity index (χ0n) is 18.7. The number of hydrogen-bond acceptors (Lipinski definition) is 6. The van der Waals surface area contributed by atoms with Crippen molar-refractivity contribution < 1.29 is 8.78 Å². The molecule has 5 heterocycles. The Morgan fingerprint density at radius 2 is 1.80 bits per heavy atom. The first-order valence-corrected chi connectivity index (χ1v) is 10.8. The van der Waals surface area contributed by atoms with Crippen molar-refractivity contribution in [2.24, 2.45) is 0 Å². The Bertz CT molecular complexity index is 1720. The normalized spacial score (nSPS) is 11.4. The number of halogens is 2. The maximum absolute atomic E-state index is 15.8. The van der Waals surface area contributed by atoms with E-state index in [1.54, 1.807) is 36.8 Å². The van der Waals surface area contributed by atoms with E-state index in [9.17, 15) is 4.39 Å². The third-order valence-electron chi connectivity index (χ3n) is 5.80. The van der Waals surface area contributed by atoms with Gasteiger partial charge < -0.3 is 9.88 Å². The molecule has 172 valence electrons. The Morgan fingerprint density at radius 3 is 2.63 bits per heavy atom. The summed E-state index contributed by atoms with van der Waals surface area (Å²) in [5.41, 5.74) is 4.62. The first-order valence-electron chi connectivity index (χ1n) is 10.8.